The van der Waals surface area contributed by atoms with Crippen molar-refractivity contribution < 1.29 is 38.2 Å². The van der Waals surface area contributed by atoms with Crippen molar-refractivity contribution in [1.82, 2.24) is 0 Å². The topological polar surface area (TPSA) is 102 Å². The highest BCUT2D eigenvalue weighted by atomic mass is 16.6. The van der Waals surface area contributed by atoms with Gasteiger partial charge in [-0.05, 0) is 70.6 Å². The number of aliphatic carboxylic acids is 1. The van der Waals surface area contributed by atoms with E-state index in [1.54, 1.807) is 21.1 Å². The highest BCUT2D eigenvalue weighted by Crippen LogP contribution is 2.09. The summed E-state index contributed by atoms with van der Waals surface area (Å²) < 4.78 is 16.9. The van der Waals surface area contributed by atoms with Crippen molar-refractivity contribution in [3.8, 4) is 0 Å². The first-order chi connectivity index (χ1) is 24.6. The van der Waals surface area contributed by atoms with Crippen LogP contribution in [0.2, 0.25) is 0 Å². The van der Waals surface area contributed by atoms with Crippen LogP contribution in [0.15, 0.2) is 97.2 Å². The van der Waals surface area contributed by atoms with Gasteiger partial charge in [0.25, 0.3) is 0 Å². The number of quaternary nitrogens is 1. The Morgan fingerprint density at radius 1 is 0.588 bits per heavy atom. The van der Waals surface area contributed by atoms with Gasteiger partial charge in [-0.2, -0.15) is 0 Å². The number of nitrogens with zero attached hydrogens (tertiary/aromatic N) is 1. The van der Waals surface area contributed by atoms with Gasteiger partial charge in [0, 0.05) is 19.3 Å². The summed E-state index contributed by atoms with van der Waals surface area (Å²) in [4.78, 5) is 36.4. The summed E-state index contributed by atoms with van der Waals surface area (Å²) in [6, 6.07) is -0.747. The average Bonchev–Trinajstić information content (AvgIpc) is 3.08. The first-order valence-corrected chi connectivity index (χ1v) is 18.8. The van der Waals surface area contributed by atoms with Crippen molar-refractivity contribution in [3.05, 3.63) is 97.2 Å². The molecule has 0 aromatic heterocycles. The fourth-order valence-electron chi connectivity index (χ4n) is 4.61. The van der Waals surface area contributed by atoms with Crippen molar-refractivity contribution >= 4 is 17.9 Å². The summed E-state index contributed by atoms with van der Waals surface area (Å²) in [7, 11) is 5.34. The standard InChI is InChI=1S/C43H67NO7/c1-6-8-10-12-14-15-16-17-18-19-20-21-22-23-24-25-26-28-30-32-34-42(46)51-39(37-49-36-35-40(43(47)48)44(3,4)5)38-50-41(45)33-31-29-27-13-11-9-7-2/h8-11,14-15,17-18,20-21,23-24,26-29,39-40H,6-7,12-13,16,19,22,25,30-38H2,1-5H3/b10-8+,11-9+,15-14+,18-17+,21-20+,24-23+,28-26+,29-27+. The first-order valence-electron chi connectivity index (χ1n) is 18.8. The summed E-state index contributed by atoms with van der Waals surface area (Å²) in [5.41, 5.74) is 0. The molecule has 0 aliphatic heterocycles. The molecule has 0 amide bonds. The van der Waals surface area contributed by atoms with Crippen LogP contribution in [0, 0.1) is 0 Å². The van der Waals surface area contributed by atoms with Crippen LogP contribution in [-0.4, -0.2) is 75.5 Å². The van der Waals surface area contributed by atoms with E-state index >= 15 is 0 Å². The molecule has 0 fully saturated rings. The van der Waals surface area contributed by atoms with Gasteiger partial charge in [0.1, 0.15) is 12.6 Å². The number of unbranched alkanes of at least 4 members (excludes halogenated alkanes) is 1. The number of carbonyl (C=O) groups is 3. The number of carboxylic acids is 1. The number of ether oxygens (including phenoxy) is 3. The molecule has 0 aromatic carbocycles. The molecule has 51 heavy (non-hydrogen) atoms. The van der Waals surface area contributed by atoms with Gasteiger partial charge in [0.2, 0.25) is 0 Å². The lowest BCUT2D eigenvalue weighted by Crippen LogP contribution is -2.55. The maximum Gasteiger partial charge on any atom is 0.306 e. The van der Waals surface area contributed by atoms with Crippen molar-refractivity contribution in [1.29, 1.82) is 0 Å². The van der Waals surface area contributed by atoms with E-state index in [0.29, 0.717) is 12.8 Å². The highest BCUT2D eigenvalue weighted by molar-refractivity contribution is 5.70. The quantitative estimate of drug-likeness (QED) is 0.0309. The van der Waals surface area contributed by atoms with Crippen LogP contribution in [0.25, 0.3) is 0 Å². The van der Waals surface area contributed by atoms with Gasteiger partial charge >= 0.3 is 11.9 Å². The number of hydrogen-bond donors (Lipinski definition) is 0. The van der Waals surface area contributed by atoms with E-state index in [1.165, 1.54) is 0 Å². The van der Waals surface area contributed by atoms with Crippen molar-refractivity contribution in [2.24, 2.45) is 0 Å². The van der Waals surface area contributed by atoms with Gasteiger partial charge in [-0.1, -0.05) is 111 Å². The number of esters is 2. The zero-order chi connectivity index (χ0) is 37.8. The highest BCUT2D eigenvalue weighted by Gasteiger charge is 2.25. The number of hydrogen-bond acceptors (Lipinski definition) is 7. The molecule has 0 spiro atoms. The van der Waals surface area contributed by atoms with Gasteiger partial charge in [-0.3, -0.25) is 9.59 Å². The molecule has 2 atom stereocenters. The minimum absolute atomic E-state index is 0.00720. The molecule has 8 heteroatoms. The van der Waals surface area contributed by atoms with Gasteiger partial charge < -0.3 is 28.6 Å². The SMILES string of the molecule is CC/C=C/C/C=C/C/C=C/C/C=C/C/C=C/C/C=C/CCCC(=O)OC(COCCC(C(=O)[O-])[N+](C)(C)C)COC(=O)CC/C=C/C/C=C/CC. The van der Waals surface area contributed by atoms with Crippen LogP contribution in [0.4, 0.5) is 0 Å². The number of likely N-dealkylation sites (N-methyl/N-ethyl adjacent to an activating group) is 1. The Labute approximate surface area is 309 Å². The van der Waals surface area contributed by atoms with E-state index in [4.69, 9.17) is 14.2 Å². The third-order valence-electron chi connectivity index (χ3n) is 7.48. The molecular formula is C43H67NO7. The Hall–Kier alpha value is -3.75. The number of carbonyl (C=O) groups excluding carboxylic acids is 3. The normalized spacial score (nSPS) is 14.1. The van der Waals surface area contributed by atoms with Crippen LogP contribution in [-0.2, 0) is 28.6 Å². The number of carboxylic acid groups (broad SMARTS) is 1. The fraction of sp³-hybridized carbons (Fsp3) is 0.558. The maximum atomic E-state index is 12.6. The monoisotopic (exact) mass is 709 g/mol. The summed E-state index contributed by atoms with van der Waals surface area (Å²) in [6.07, 6.45) is 43.4. The molecule has 0 heterocycles. The molecule has 0 radical (unpaired) electrons. The Kier molecular flexibility index (Phi) is 30.9. The van der Waals surface area contributed by atoms with Crippen LogP contribution in [0.3, 0.4) is 0 Å². The number of rotatable bonds is 31. The van der Waals surface area contributed by atoms with Crippen LogP contribution in [0.1, 0.15) is 104 Å². The van der Waals surface area contributed by atoms with Gasteiger partial charge in [0.15, 0.2) is 6.10 Å². The molecule has 8 nitrogen and oxygen atoms in total. The van der Waals surface area contributed by atoms with E-state index in [1.807, 2.05) is 12.2 Å². The lowest BCUT2D eigenvalue weighted by molar-refractivity contribution is -0.889. The average molecular weight is 710 g/mol. The summed E-state index contributed by atoms with van der Waals surface area (Å²) >= 11 is 0. The number of allylic oxidation sites excluding steroid dienone is 16. The Morgan fingerprint density at radius 2 is 1.04 bits per heavy atom. The minimum Gasteiger partial charge on any atom is -0.544 e. The second-order valence-corrected chi connectivity index (χ2v) is 13.0. The molecule has 0 N–H and O–H groups in total. The second-order valence-electron chi connectivity index (χ2n) is 13.0. The first kappa shape index (κ1) is 47.2. The minimum atomic E-state index is -1.15. The van der Waals surface area contributed by atoms with Crippen molar-refractivity contribution in [3.63, 3.8) is 0 Å². The molecule has 2 unspecified atom stereocenters. The van der Waals surface area contributed by atoms with E-state index in [-0.39, 0.29) is 49.5 Å². The van der Waals surface area contributed by atoms with Crippen molar-refractivity contribution in [2.75, 3.05) is 41.0 Å². The summed E-state index contributed by atoms with van der Waals surface area (Å²) in [6.45, 7) is 4.22. The summed E-state index contributed by atoms with van der Waals surface area (Å²) in [5.74, 6) is -1.93. The van der Waals surface area contributed by atoms with Crippen molar-refractivity contribution in [2.45, 2.75) is 116 Å². The van der Waals surface area contributed by atoms with Crippen LogP contribution < -0.4 is 5.11 Å². The molecule has 0 aliphatic rings. The molecule has 0 rings (SSSR count). The maximum absolute atomic E-state index is 12.6. The molecule has 0 saturated heterocycles. The van der Waals surface area contributed by atoms with E-state index in [9.17, 15) is 19.5 Å². The zero-order valence-corrected chi connectivity index (χ0v) is 32.2. The third-order valence-corrected chi connectivity index (χ3v) is 7.48. The Bertz CT molecular complexity index is 1150. The molecule has 0 bridgehead atoms. The van der Waals surface area contributed by atoms with E-state index < -0.39 is 24.1 Å². The Morgan fingerprint density at radius 3 is 1.49 bits per heavy atom. The van der Waals surface area contributed by atoms with Crippen LogP contribution >= 0.6 is 0 Å². The predicted molar refractivity (Wildman–Crippen MR) is 208 cm³/mol. The summed E-state index contributed by atoms with van der Waals surface area (Å²) in [5, 5.41) is 11.6. The smallest absolute Gasteiger partial charge is 0.306 e. The third kappa shape index (κ3) is 31.9. The molecule has 0 aliphatic carbocycles. The lowest BCUT2D eigenvalue weighted by Gasteiger charge is -2.34. The fourth-order valence-corrected chi connectivity index (χ4v) is 4.61. The van der Waals surface area contributed by atoms with Crippen LogP contribution in [0.5, 0.6) is 0 Å². The second kappa shape index (κ2) is 33.4. The van der Waals surface area contributed by atoms with E-state index in [2.05, 4.69) is 98.9 Å². The van der Waals surface area contributed by atoms with Gasteiger partial charge in [0.05, 0.1) is 40.3 Å². The molecule has 0 aromatic rings. The zero-order valence-electron chi connectivity index (χ0n) is 32.2. The molecule has 0 saturated carbocycles. The lowest BCUT2D eigenvalue weighted by atomic mass is 10.1. The largest absolute Gasteiger partial charge is 0.544 e. The molecular weight excluding hydrogens is 642 g/mol. The Balaban J connectivity index is 4.52. The molecule has 286 valence electrons. The van der Waals surface area contributed by atoms with Gasteiger partial charge in [-0.25, -0.2) is 0 Å². The van der Waals surface area contributed by atoms with E-state index in [0.717, 1.165) is 57.8 Å². The van der Waals surface area contributed by atoms with Gasteiger partial charge in [-0.15, -0.1) is 0 Å². The predicted octanol–water partition coefficient (Wildman–Crippen LogP) is 8.23.